The average Bonchev–Trinajstić information content (AvgIpc) is 2.56. The molecule has 2 aromatic rings. The Morgan fingerprint density at radius 1 is 1.36 bits per heavy atom. The first kappa shape index (κ1) is 9.83. The smallest absolute Gasteiger partial charge is 0.144 e. The van der Waals surface area contributed by atoms with Crippen molar-refractivity contribution >= 4 is 34.9 Å². The van der Waals surface area contributed by atoms with Crippen molar-refractivity contribution < 1.29 is 5.11 Å². The van der Waals surface area contributed by atoms with Crippen molar-refractivity contribution in [1.29, 1.82) is 0 Å². The van der Waals surface area contributed by atoms with Gasteiger partial charge in [0, 0.05) is 10.9 Å². The van der Waals surface area contributed by atoms with Crippen LogP contribution in [0.5, 0.6) is 5.75 Å². The number of hydrogen-bond acceptors (Lipinski definition) is 4. The summed E-state index contributed by atoms with van der Waals surface area (Å²) in [5, 5.41) is 11.7. The maximum Gasteiger partial charge on any atom is 0.144 e. The van der Waals surface area contributed by atoms with E-state index in [0.29, 0.717) is 5.75 Å². The van der Waals surface area contributed by atoms with E-state index in [4.69, 9.17) is 12.2 Å². The molecule has 0 spiro atoms. The molecule has 0 aliphatic carbocycles. The summed E-state index contributed by atoms with van der Waals surface area (Å²) in [5.74, 6) is 0.319. The molecular weight excluding hydrogens is 232 g/mol. The molecule has 4 heteroatoms. The zero-order chi connectivity index (χ0) is 10.1. The second kappa shape index (κ2) is 3.81. The molecule has 0 radical (unpaired) electrons. The number of rotatable bonds is 1. The van der Waals surface area contributed by atoms with Crippen LogP contribution in [0, 0.1) is 10.1 Å². The molecule has 2 rings (SSSR count). The average molecular weight is 240 g/mol. The summed E-state index contributed by atoms with van der Waals surface area (Å²) in [5.41, 5.74) is 2.02. The summed E-state index contributed by atoms with van der Waals surface area (Å²) >= 11 is 8.14. The van der Waals surface area contributed by atoms with Gasteiger partial charge in [-0.25, -0.2) is 0 Å². The highest BCUT2D eigenvalue weighted by molar-refractivity contribution is 7.76. The quantitative estimate of drug-likeness (QED) is 0.753. The van der Waals surface area contributed by atoms with Crippen LogP contribution in [-0.2, 0) is 0 Å². The predicted octanol–water partition coefficient (Wildman–Crippen LogP) is 4.22. The molecule has 1 nitrogen and oxygen atoms in total. The van der Waals surface area contributed by atoms with Crippen molar-refractivity contribution in [3.63, 3.8) is 0 Å². The van der Waals surface area contributed by atoms with Gasteiger partial charge in [-0.05, 0) is 19.1 Å². The first-order valence-corrected chi connectivity index (χ1v) is 6.16. The molecule has 0 atom stereocenters. The van der Waals surface area contributed by atoms with E-state index in [-0.39, 0.29) is 0 Å². The molecule has 72 valence electrons. The van der Waals surface area contributed by atoms with E-state index < -0.39 is 0 Å². The zero-order valence-electron chi connectivity index (χ0n) is 7.48. The number of benzene rings is 1. The maximum absolute atomic E-state index is 9.67. The van der Waals surface area contributed by atoms with Gasteiger partial charge < -0.3 is 5.11 Å². The van der Waals surface area contributed by atoms with E-state index in [2.05, 4.69) is 0 Å². The summed E-state index contributed by atoms with van der Waals surface area (Å²) in [7, 11) is 0. The zero-order valence-corrected chi connectivity index (χ0v) is 9.93. The van der Waals surface area contributed by atoms with Crippen LogP contribution >= 0.6 is 34.9 Å². The Bertz CT molecular complexity index is 510. The van der Waals surface area contributed by atoms with Crippen molar-refractivity contribution in [1.82, 2.24) is 0 Å². The van der Waals surface area contributed by atoms with E-state index in [0.717, 1.165) is 19.1 Å². The van der Waals surface area contributed by atoms with Crippen LogP contribution in [-0.4, -0.2) is 5.11 Å². The molecule has 0 aliphatic heterocycles. The maximum atomic E-state index is 9.67. The van der Waals surface area contributed by atoms with Crippen LogP contribution in [0.2, 0.25) is 0 Å². The summed E-state index contributed by atoms with van der Waals surface area (Å²) in [4.78, 5) is 1.04. The van der Waals surface area contributed by atoms with Crippen molar-refractivity contribution in [3.05, 3.63) is 32.3 Å². The Labute approximate surface area is 95.3 Å². The summed E-state index contributed by atoms with van der Waals surface area (Å²) < 4.78 is 0.890. The van der Waals surface area contributed by atoms with Gasteiger partial charge in [0.15, 0.2) is 0 Å². The van der Waals surface area contributed by atoms with Gasteiger partial charge in [0.2, 0.25) is 0 Å². The number of phenols is 1. The lowest BCUT2D eigenvalue weighted by Crippen LogP contribution is -1.76. The lowest BCUT2D eigenvalue weighted by molar-refractivity contribution is 0.477. The number of phenolic OH excluding ortho intramolecular Hbond substituents is 1. The molecule has 1 aromatic carbocycles. The lowest BCUT2D eigenvalue weighted by Gasteiger charge is -2.01. The highest BCUT2D eigenvalue weighted by atomic mass is 32.2. The number of hydrogen-bond donors (Lipinski definition) is 1. The Morgan fingerprint density at radius 2 is 2.14 bits per heavy atom. The van der Waals surface area contributed by atoms with Gasteiger partial charge in [-0.2, -0.15) is 0 Å². The van der Waals surface area contributed by atoms with Crippen molar-refractivity contribution in [3.8, 4) is 16.2 Å². The van der Waals surface area contributed by atoms with E-state index in [1.54, 1.807) is 6.07 Å². The van der Waals surface area contributed by atoms with Gasteiger partial charge >= 0.3 is 0 Å². The highest BCUT2D eigenvalue weighted by Gasteiger charge is 2.05. The van der Waals surface area contributed by atoms with Crippen molar-refractivity contribution in [2.24, 2.45) is 0 Å². The van der Waals surface area contributed by atoms with Crippen LogP contribution in [0.3, 0.4) is 0 Å². The SMILES string of the molecule is Cc1ccc(O)c(-c2csc(=S)s2)c1. The topological polar surface area (TPSA) is 20.2 Å². The molecule has 0 aliphatic rings. The third-order valence-corrected chi connectivity index (χ3v) is 4.37. The summed E-state index contributed by atoms with van der Waals surface area (Å²) in [6.07, 6.45) is 0. The van der Waals surface area contributed by atoms with E-state index >= 15 is 0 Å². The van der Waals surface area contributed by atoms with Gasteiger partial charge in [0.1, 0.15) is 8.89 Å². The Hall–Kier alpha value is -0.710. The second-order valence-electron chi connectivity index (χ2n) is 2.97. The minimum Gasteiger partial charge on any atom is -0.507 e. The van der Waals surface area contributed by atoms with Gasteiger partial charge in [-0.15, -0.1) is 22.7 Å². The molecule has 14 heavy (non-hydrogen) atoms. The molecule has 1 heterocycles. The monoisotopic (exact) mass is 240 g/mol. The fourth-order valence-corrected chi connectivity index (χ4v) is 3.35. The molecular formula is C10H8OS3. The number of aryl methyl sites for hydroxylation is 1. The van der Waals surface area contributed by atoms with Crippen LogP contribution in [0.1, 0.15) is 5.56 Å². The van der Waals surface area contributed by atoms with Gasteiger partial charge in [-0.3, -0.25) is 0 Å². The first-order valence-electron chi connectivity index (χ1n) is 4.05. The molecule has 0 saturated carbocycles. The molecule has 0 fully saturated rings. The molecule has 0 unspecified atom stereocenters. The third-order valence-electron chi connectivity index (χ3n) is 1.87. The fraction of sp³-hybridized carbons (Fsp3) is 0.100. The van der Waals surface area contributed by atoms with Crippen molar-refractivity contribution in [2.45, 2.75) is 6.92 Å². The van der Waals surface area contributed by atoms with E-state index in [1.165, 1.54) is 22.7 Å². The van der Waals surface area contributed by atoms with Gasteiger partial charge in [-0.1, -0.05) is 23.8 Å². The second-order valence-corrected chi connectivity index (χ2v) is 6.09. The largest absolute Gasteiger partial charge is 0.507 e. The van der Waals surface area contributed by atoms with Crippen LogP contribution in [0.25, 0.3) is 10.4 Å². The first-order chi connectivity index (χ1) is 6.66. The van der Waals surface area contributed by atoms with Gasteiger partial charge in [0.05, 0.1) is 4.88 Å². The minimum atomic E-state index is 0.319. The minimum absolute atomic E-state index is 0.319. The molecule has 0 amide bonds. The van der Waals surface area contributed by atoms with E-state index in [1.807, 2.05) is 24.4 Å². The number of aromatic hydroxyl groups is 1. The van der Waals surface area contributed by atoms with Crippen molar-refractivity contribution in [2.75, 3.05) is 0 Å². The lowest BCUT2D eigenvalue weighted by atomic mass is 10.1. The summed E-state index contributed by atoms with van der Waals surface area (Å²) in [6.45, 7) is 2.01. The summed E-state index contributed by atoms with van der Waals surface area (Å²) in [6, 6.07) is 5.59. The Morgan fingerprint density at radius 3 is 2.79 bits per heavy atom. The predicted molar refractivity (Wildman–Crippen MR) is 64.9 cm³/mol. The third kappa shape index (κ3) is 1.87. The standard InChI is InChI=1S/C10H8OS3/c1-6-2-3-8(11)7(4-6)9-5-13-10(12)14-9/h2-5,11H,1H3. The highest BCUT2D eigenvalue weighted by Crippen LogP contribution is 2.35. The Balaban J connectivity index is 2.61. The normalized spacial score (nSPS) is 10.4. The molecule has 0 saturated heterocycles. The van der Waals surface area contributed by atoms with E-state index in [9.17, 15) is 5.11 Å². The van der Waals surface area contributed by atoms with Crippen LogP contribution < -0.4 is 0 Å². The van der Waals surface area contributed by atoms with Gasteiger partial charge in [0.25, 0.3) is 0 Å². The fourth-order valence-electron chi connectivity index (χ4n) is 1.21. The molecule has 1 N–H and O–H groups in total. The molecule has 1 aromatic heterocycles. The van der Waals surface area contributed by atoms with Crippen LogP contribution in [0.4, 0.5) is 0 Å². The Kier molecular flexibility index (Phi) is 2.67. The van der Waals surface area contributed by atoms with Crippen LogP contribution in [0.15, 0.2) is 23.6 Å². The molecule has 0 bridgehead atoms.